The zero-order valence-electron chi connectivity index (χ0n) is 7.52. The smallest absolute Gasteiger partial charge is 0.236 e. The minimum absolute atomic E-state index is 0.00670. The van der Waals surface area contributed by atoms with Crippen LogP contribution < -0.4 is 0 Å². The molecule has 5 nitrogen and oxygen atoms in total. The van der Waals surface area contributed by atoms with Gasteiger partial charge in [-0.15, -0.1) is 0 Å². The van der Waals surface area contributed by atoms with Gasteiger partial charge in [-0.2, -0.15) is 4.98 Å². The van der Waals surface area contributed by atoms with Gasteiger partial charge in [0.1, 0.15) is 0 Å². The van der Waals surface area contributed by atoms with Gasteiger partial charge in [0.15, 0.2) is 5.82 Å². The molecule has 1 aliphatic rings. The number of hydrogen-bond donors (Lipinski definition) is 0. The van der Waals surface area contributed by atoms with Crippen molar-refractivity contribution in [2.24, 2.45) is 0 Å². The summed E-state index contributed by atoms with van der Waals surface area (Å²) in [4.78, 5) is 17.2. The van der Waals surface area contributed by atoms with E-state index in [4.69, 9.17) is 0 Å². The summed E-state index contributed by atoms with van der Waals surface area (Å²) >= 11 is 3.32. The second-order valence-electron chi connectivity index (χ2n) is 3.18. The Balaban J connectivity index is 1.84. The first-order chi connectivity index (χ1) is 6.77. The fraction of sp³-hybridized carbons (Fsp3) is 0.625. The molecule has 1 aromatic heterocycles. The molecule has 1 aliphatic heterocycles. The second-order valence-corrected chi connectivity index (χ2v) is 4.28. The molecular formula is C8H10BrN3O2. The van der Waals surface area contributed by atoms with Crippen LogP contribution in [-0.2, 0) is 11.2 Å². The number of halogens is 1. The number of alkyl halides is 1. The van der Waals surface area contributed by atoms with Gasteiger partial charge in [0.2, 0.25) is 12.3 Å². The van der Waals surface area contributed by atoms with Gasteiger partial charge < -0.3 is 9.42 Å². The lowest BCUT2D eigenvalue weighted by Gasteiger charge is -2.13. The Morgan fingerprint density at radius 2 is 2.57 bits per heavy atom. The number of aromatic nitrogens is 2. The SMILES string of the molecule is O=C1C(Br)CCN1CCc1ncon1. The summed E-state index contributed by atoms with van der Waals surface area (Å²) < 4.78 is 4.60. The van der Waals surface area contributed by atoms with E-state index in [1.165, 1.54) is 6.39 Å². The minimum atomic E-state index is -0.00670. The summed E-state index contributed by atoms with van der Waals surface area (Å²) in [5.41, 5.74) is 0. The first-order valence-electron chi connectivity index (χ1n) is 4.45. The highest BCUT2D eigenvalue weighted by Crippen LogP contribution is 2.18. The molecule has 1 amide bonds. The topological polar surface area (TPSA) is 59.2 Å². The van der Waals surface area contributed by atoms with E-state index in [9.17, 15) is 4.79 Å². The van der Waals surface area contributed by atoms with Crippen molar-refractivity contribution in [3.05, 3.63) is 12.2 Å². The third-order valence-corrected chi connectivity index (χ3v) is 3.09. The van der Waals surface area contributed by atoms with Gasteiger partial charge >= 0.3 is 0 Å². The molecule has 1 unspecified atom stereocenters. The standard InChI is InChI=1S/C8H10BrN3O2/c9-6-1-3-12(8(6)13)4-2-7-10-5-14-11-7/h5-6H,1-4H2. The number of carbonyl (C=O) groups excluding carboxylic acids is 1. The molecule has 0 aliphatic carbocycles. The van der Waals surface area contributed by atoms with Crippen molar-refractivity contribution in [2.75, 3.05) is 13.1 Å². The van der Waals surface area contributed by atoms with Crippen LogP contribution >= 0.6 is 15.9 Å². The average molecular weight is 260 g/mol. The first kappa shape index (κ1) is 9.64. The van der Waals surface area contributed by atoms with Gasteiger partial charge in [-0.3, -0.25) is 4.79 Å². The maximum absolute atomic E-state index is 11.5. The van der Waals surface area contributed by atoms with Gasteiger partial charge in [0.05, 0.1) is 4.83 Å². The lowest BCUT2D eigenvalue weighted by atomic mass is 10.4. The molecule has 1 atom stereocenters. The molecule has 2 heterocycles. The van der Waals surface area contributed by atoms with Crippen LogP contribution in [0.2, 0.25) is 0 Å². The Labute approximate surface area is 89.6 Å². The molecule has 0 aromatic carbocycles. The van der Waals surface area contributed by atoms with Crippen LogP contribution in [0.5, 0.6) is 0 Å². The molecule has 6 heteroatoms. The Hall–Kier alpha value is -0.910. The van der Waals surface area contributed by atoms with Gasteiger partial charge in [-0.05, 0) is 6.42 Å². The number of likely N-dealkylation sites (tertiary alicyclic amines) is 1. The summed E-state index contributed by atoms with van der Waals surface area (Å²) in [5, 5.41) is 3.69. The van der Waals surface area contributed by atoms with Crippen molar-refractivity contribution in [1.29, 1.82) is 0 Å². The normalized spacial score (nSPS) is 21.9. The van der Waals surface area contributed by atoms with Crippen LogP contribution in [0.3, 0.4) is 0 Å². The Morgan fingerprint density at radius 3 is 3.14 bits per heavy atom. The maximum atomic E-state index is 11.5. The number of rotatable bonds is 3. The highest BCUT2D eigenvalue weighted by molar-refractivity contribution is 9.10. The predicted molar refractivity (Wildman–Crippen MR) is 51.9 cm³/mol. The fourth-order valence-electron chi connectivity index (χ4n) is 1.46. The average Bonchev–Trinajstić information content (AvgIpc) is 2.77. The number of amides is 1. The molecule has 1 saturated heterocycles. The molecule has 14 heavy (non-hydrogen) atoms. The summed E-state index contributed by atoms with van der Waals surface area (Å²) in [7, 11) is 0. The Bertz CT molecular complexity index is 314. The second kappa shape index (κ2) is 4.08. The van der Waals surface area contributed by atoms with Crippen molar-refractivity contribution in [1.82, 2.24) is 15.0 Å². The molecule has 1 fully saturated rings. The first-order valence-corrected chi connectivity index (χ1v) is 5.37. The van der Waals surface area contributed by atoms with Crippen LogP contribution in [0, 0.1) is 0 Å². The van der Waals surface area contributed by atoms with Crippen molar-refractivity contribution < 1.29 is 9.32 Å². The third-order valence-electron chi connectivity index (χ3n) is 2.24. The maximum Gasteiger partial charge on any atom is 0.236 e. The molecule has 0 radical (unpaired) electrons. The zero-order valence-corrected chi connectivity index (χ0v) is 9.11. The predicted octanol–water partition coefficient (Wildman–Crippen LogP) is 0.608. The van der Waals surface area contributed by atoms with Gasteiger partial charge in [-0.1, -0.05) is 21.1 Å². The highest BCUT2D eigenvalue weighted by Gasteiger charge is 2.28. The monoisotopic (exact) mass is 259 g/mol. The van der Waals surface area contributed by atoms with Crippen LogP contribution in [-0.4, -0.2) is 38.9 Å². The summed E-state index contributed by atoms with van der Waals surface area (Å²) in [6.07, 6.45) is 2.83. The molecule has 2 rings (SSSR count). The number of carbonyl (C=O) groups is 1. The summed E-state index contributed by atoms with van der Waals surface area (Å²) in [5.74, 6) is 0.810. The van der Waals surface area contributed by atoms with E-state index >= 15 is 0 Å². The number of nitrogens with zero attached hydrogens (tertiary/aromatic N) is 3. The molecule has 76 valence electrons. The summed E-state index contributed by atoms with van der Waals surface area (Å²) in [6.45, 7) is 1.48. The quantitative estimate of drug-likeness (QED) is 0.747. The van der Waals surface area contributed by atoms with Gasteiger partial charge in [0.25, 0.3) is 0 Å². The van der Waals surface area contributed by atoms with Crippen LogP contribution in [0.4, 0.5) is 0 Å². The zero-order chi connectivity index (χ0) is 9.97. The molecule has 0 saturated carbocycles. The third kappa shape index (κ3) is 1.95. The summed E-state index contributed by atoms with van der Waals surface area (Å²) in [6, 6.07) is 0. The van der Waals surface area contributed by atoms with Crippen LogP contribution in [0.15, 0.2) is 10.9 Å². The lowest BCUT2D eigenvalue weighted by Crippen LogP contribution is -2.29. The van der Waals surface area contributed by atoms with E-state index in [0.29, 0.717) is 18.8 Å². The van der Waals surface area contributed by atoms with Crippen molar-refractivity contribution in [2.45, 2.75) is 17.7 Å². The Kier molecular flexibility index (Phi) is 2.81. The van der Waals surface area contributed by atoms with E-state index < -0.39 is 0 Å². The van der Waals surface area contributed by atoms with E-state index in [2.05, 4.69) is 30.6 Å². The molecule has 1 aromatic rings. The van der Waals surface area contributed by atoms with E-state index in [1.807, 2.05) is 4.90 Å². The van der Waals surface area contributed by atoms with Crippen LogP contribution in [0.25, 0.3) is 0 Å². The van der Waals surface area contributed by atoms with E-state index in [-0.39, 0.29) is 10.7 Å². The number of hydrogen-bond acceptors (Lipinski definition) is 4. The lowest BCUT2D eigenvalue weighted by molar-refractivity contribution is -0.127. The molecule has 0 bridgehead atoms. The van der Waals surface area contributed by atoms with Gasteiger partial charge in [0, 0.05) is 19.5 Å². The largest absolute Gasteiger partial charge is 0.343 e. The molecule has 0 N–H and O–H groups in total. The van der Waals surface area contributed by atoms with E-state index in [1.54, 1.807) is 0 Å². The van der Waals surface area contributed by atoms with Gasteiger partial charge in [-0.25, -0.2) is 0 Å². The molecule has 0 spiro atoms. The highest BCUT2D eigenvalue weighted by atomic mass is 79.9. The minimum Gasteiger partial charge on any atom is -0.343 e. The molecular weight excluding hydrogens is 250 g/mol. The Morgan fingerprint density at radius 1 is 1.71 bits per heavy atom. The van der Waals surface area contributed by atoms with Crippen LogP contribution in [0.1, 0.15) is 12.2 Å². The van der Waals surface area contributed by atoms with Crippen molar-refractivity contribution in [3.63, 3.8) is 0 Å². The van der Waals surface area contributed by atoms with Crippen molar-refractivity contribution in [3.8, 4) is 0 Å². The van der Waals surface area contributed by atoms with Crippen molar-refractivity contribution >= 4 is 21.8 Å². The van der Waals surface area contributed by atoms with E-state index in [0.717, 1.165) is 13.0 Å². The fourth-order valence-corrected chi connectivity index (χ4v) is 1.95.